The zero-order chi connectivity index (χ0) is 20.3. The summed E-state index contributed by atoms with van der Waals surface area (Å²) in [5.74, 6) is 1.92. The molecule has 0 radical (unpaired) electrons. The summed E-state index contributed by atoms with van der Waals surface area (Å²) in [6.07, 6.45) is 0. The number of urea groups is 1. The molecule has 2 amide bonds. The largest absolute Gasteiger partial charge is 0.353 e. The number of nitrogens with one attached hydrogen (secondary N) is 1. The second-order valence-corrected chi connectivity index (χ2v) is 7.06. The van der Waals surface area contributed by atoms with Gasteiger partial charge in [-0.3, -0.25) is 10.1 Å². The standard InChI is InChI=1S/C19H24N6O3/c1-13(2)18-20-14(3)12-17(22-18)23-8-10-24(11-9-23)19(26)21-15-6-4-5-7-16(15)25(27)28/h4-7,12-13H,8-11H2,1-3H3,(H,21,26). The molecule has 1 N–H and O–H groups in total. The molecule has 0 saturated carbocycles. The number of rotatable bonds is 4. The van der Waals surface area contributed by atoms with E-state index in [1.165, 1.54) is 12.1 Å². The van der Waals surface area contributed by atoms with Gasteiger partial charge in [-0.05, 0) is 13.0 Å². The summed E-state index contributed by atoms with van der Waals surface area (Å²) in [5.41, 5.74) is 1.00. The number of anilines is 2. The Morgan fingerprint density at radius 1 is 1.18 bits per heavy atom. The summed E-state index contributed by atoms with van der Waals surface area (Å²) in [6.45, 7) is 8.36. The summed E-state index contributed by atoms with van der Waals surface area (Å²) >= 11 is 0. The molecular formula is C19H24N6O3. The van der Waals surface area contributed by atoms with Crippen molar-refractivity contribution in [2.24, 2.45) is 0 Å². The molecule has 2 aromatic rings. The number of hydrogen-bond acceptors (Lipinski definition) is 6. The second-order valence-electron chi connectivity index (χ2n) is 7.06. The molecule has 1 aromatic carbocycles. The highest BCUT2D eigenvalue weighted by molar-refractivity contribution is 5.92. The molecule has 1 saturated heterocycles. The van der Waals surface area contributed by atoms with Crippen LogP contribution in [-0.4, -0.2) is 52.0 Å². The van der Waals surface area contributed by atoms with E-state index >= 15 is 0 Å². The lowest BCUT2D eigenvalue weighted by atomic mass is 10.2. The fraction of sp³-hybridized carbons (Fsp3) is 0.421. The van der Waals surface area contributed by atoms with Gasteiger partial charge < -0.3 is 15.1 Å². The predicted octanol–water partition coefficient (Wildman–Crippen LogP) is 3.17. The third-order valence-electron chi connectivity index (χ3n) is 4.61. The fourth-order valence-electron chi connectivity index (χ4n) is 3.07. The van der Waals surface area contributed by atoms with Gasteiger partial charge >= 0.3 is 6.03 Å². The van der Waals surface area contributed by atoms with Crippen molar-refractivity contribution in [2.45, 2.75) is 26.7 Å². The molecule has 1 aliphatic heterocycles. The molecule has 148 valence electrons. The van der Waals surface area contributed by atoms with E-state index in [-0.39, 0.29) is 23.3 Å². The molecule has 9 nitrogen and oxygen atoms in total. The van der Waals surface area contributed by atoms with Crippen molar-refractivity contribution in [1.82, 2.24) is 14.9 Å². The average molecular weight is 384 g/mol. The number of piperazine rings is 1. The Kier molecular flexibility index (Phi) is 5.72. The lowest BCUT2D eigenvalue weighted by molar-refractivity contribution is -0.383. The van der Waals surface area contributed by atoms with Gasteiger partial charge in [0.25, 0.3) is 5.69 Å². The van der Waals surface area contributed by atoms with Crippen LogP contribution in [0, 0.1) is 17.0 Å². The van der Waals surface area contributed by atoms with Crippen LogP contribution in [0.2, 0.25) is 0 Å². The van der Waals surface area contributed by atoms with Gasteiger partial charge in [-0.1, -0.05) is 26.0 Å². The van der Waals surface area contributed by atoms with E-state index in [9.17, 15) is 14.9 Å². The van der Waals surface area contributed by atoms with E-state index in [0.717, 1.165) is 17.3 Å². The maximum atomic E-state index is 12.5. The zero-order valence-corrected chi connectivity index (χ0v) is 16.3. The molecule has 0 spiro atoms. The first-order chi connectivity index (χ1) is 13.3. The van der Waals surface area contributed by atoms with Crippen molar-refractivity contribution in [3.05, 3.63) is 52.0 Å². The number of benzene rings is 1. The topological polar surface area (TPSA) is 104 Å². The first kappa shape index (κ1) is 19.5. The Labute approximate surface area is 163 Å². The summed E-state index contributed by atoms with van der Waals surface area (Å²) in [5, 5.41) is 13.8. The van der Waals surface area contributed by atoms with Crippen molar-refractivity contribution < 1.29 is 9.72 Å². The van der Waals surface area contributed by atoms with E-state index in [0.29, 0.717) is 26.2 Å². The maximum Gasteiger partial charge on any atom is 0.322 e. The second kappa shape index (κ2) is 8.20. The number of carbonyl (C=O) groups excluding carboxylic acids is 1. The van der Waals surface area contributed by atoms with Crippen molar-refractivity contribution in [3.8, 4) is 0 Å². The van der Waals surface area contributed by atoms with E-state index in [2.05, 4.69) is 34.0 Å². The van der Waals surface area contributed by atoms with Crippen LogP contribution in [0.1, 0.15) is 31.3 Å². The molecular weight excluding hydrogens is 360 g/mol. The Morgan fingerprint density at radius 3 is 2.50 bits per heavy atom. The van der Waals surface area contributed by atoms with Gasteiger partial charge in [-0.25, -0.2) is 14.8 Å². The van der Waals surface area contributed by atoms with Gasteiger partial charge in [0.05, 0.1) is 4.92 Å². The van der Waals surface area contributed by atoms with Crippen LogP contribution in [0.5, 0.6) is 0 Å². The Balaban J connectivity index is 1.64. The zero-order valence-electron chi connectivity index (χ0n) is 16.3. The van der Waals surface area contributed by atoms with Crippen LogP contribution in [0.4, 0.5) is 22.0 Å². The molecule has 0 atom stereocenters. The quantitative estimate of drug-likeness (QED) is 0.641. The number of hydrogen-bond donors (Lipinski definition) is 1. The maximum absolute atomic E-state index is 12.5. The van der Waals surface area contributed by atoms with Crippen LogP contribution in [0.25, 0.3) is 0 Å². The van der Waals surface area contributed by atoms with Gasteiger partial charge in [-0.15, -0.1) is 0 Å². The van der Waals surface area contributed by atoms with Gasteiger partial charge in [0.1, 0.15) is 17.3 Å². The smallest absolute Gasteiger partial charge is 0.322 e. The Morgan fingerprint density at radius 2 is 1.86 bits per heavy atom. The van der Waals surface area contributed by atoms with Crippen LogP contribution < -0.4 is 10.2 Å². The molecule has 1 fully saturated rings. The molecule has 9 heteroatoms. The number of aromatic nitrogens is 2. The van der Waals surface area contributed by atoms with Gasteiger partial charge in [0, 0.05) is 49.9 Å². The number of para-hydroxylation sites is 2. The summed E-state index contributed by atoms with van der Waals surface area (Å²) in [7, 11) is 0. The number of carbonyl (C=O) groups is 1. The Hall–Kier alpha value is -3.23. The third-order valence-corrected chi connectivity index (χ3v) is 4.61. The predicted molar refractivity (Wildman–Crippen MR) is 107 cm³/mol. The van der Waals surface area contributed by atoms with Gasteiger partial charge in [0.15, 0.2) is 0 Å². The minimum Gasteiger partial charge on any atom is -0.353 e. The molecule has 0 unspecified atom stereocenters. The third kappa shape index (κ3) is 4.36. The average Bonchev–Trinajstić information content (AvgIpc) is 2.67. The number of nitro groups is 1. The molecule has 2 heterocycles. The number of nitrogens with zero attached hydrogens (tertiary/aromatic N) is 5. The van der Waals surface area contributed by atoms with Crippen molar-refractivity contribution in [1.29, 1.82) is 0 Å². The lowest BCUT2D eigenvalue weighted by Gasteiger charge is -2.35. The molecule has 28 heavy (non-hydrogen) atoms. The molecule has 3 rings (SSSR count). The highest BCUT2D eigenvalue weighted by Gasteiger charge is 2.24. The Bertz CT molecular complexity index is 878. The minimum atomic E-state index is -0.503. The van der Waals surface area contributed by atoms with Crippen molar-refractivity contribution in [3.63, 3.8) is 0 Å². The van der Waals surface area contributed by atoms with Crippen LogP contribution in [0.15, 0.2) is 30.3 Å². The van der Waals surface area contributed by atoms with E-state index in [1.807, 2.05) is 13.0 Å². The highest BCUT2D eigenvalue weighted by Crippen LogP contribution is 2.24. The number of aryl methyl sites for hydroxylation is 1. The first-order valence-corrected chi connectivity index (χ1v) is 9.25. The summed E-state index contributed by atoms with van der Waals surface area (Å²) < 4.78 is 0. The van der Waals surface area contributed by atoms with E-state index in [4.69, 9.17) is 0 Å². The SMILES string of the molecule is Cc1cc(N2CCN(C(=O)Nc3ccccc3[N+](=O)[O-])CC2)nc(C(C)C)n1. The fourth-order valence-corrected chi connectivity index (χ4v) is 3.07. The molecule has 0 bridgehead atoms. The number of nitro benzene ring substituents is 1. The molecule has 1 aromatic heterocycles. The van der Waals surface area contributed by atoms with Gasteiger partial charge in [-0.2, -0.15) is 0 Å². The summed E-state index contributed by atoms with van der Waals surface area (Å²) in [6, 6.07) is 7.75. The highest BCUT2D eigenvalue weighted by atomic mass is 16.6. The van der Waals surface area contributed by atoms with Crippen molar-refractivity contribution >= 4 is 23.2 Å². The summed E-state index contributed by atoms with van der Waals surface area (Å²) in [4.78, 5) is 36.0. The van der Waals surface area contributed by atoms with Crippen LogP contribution in [-0.2, 0) is 0 Å². The lowest BCUT2D eigenvalue weighted by Crippen LogP contribution is -2.50. The van der Waals surface area contributed by atoms with E-state index < -0.39 is 4.92 Å². The van der Waals surface area contributed by atoms with Crippen LogP contribution in [0.3, 0.4) is 0 Å². The normalized spacial score (nSPS) is 14.3. The molecule has 0 aliphatic carbocycles. The van der Waals surface area contributed by atoms with Gasteiger partial charge in [0.2, 0.25) is 0 Å². The van der Waals surface area contributed by atoms with E-state index in [1.54, 1.807) is 17.0 Å². The van der Waals surface area contributed by atoms with Crippen molar-refractivity contribution in [2.75, 3.05) is 36.4 Å². The van der Waals surface area contributed by atoms with Crippen LogP contribution >= 0.6 is 0 Å². The molecule has 1 aliphatic rings. The monoisotopic (exact) mass is 384 g/mol. The minimum absolute atomic E-state index is 0.118. The number of amides is 2. The first-order valence-electron chi connectivity index (χ1n) is 9.25.